The van der Waals surface area contributed by atoms with Crippen LogP contribution in [0.4, 0.5) is 0 Å². The summed E-state index contributed by atoms with van der Waals surface area (Å²) < 4.78 is 0. The molecule has 1 aliphatic rings. The van der Waals surface area contributed by atoms with Crippen molar-refractivity contribution in [3.8, 4) is 0 Å². The molecule has 0 bridgehead atoms. The molecule has 6 heavy (non-hydrogen) atoms. The zero-order chi connectivity index (χ0) is 4.57. The average Bonchev–Trinajstić information content (AvgIpc) is 2.06. The lowest BCUT2D eigenvalue weighted by atomic mass is 10.3. The molecule has 0 fully saturated rings. The van der Waals surface area contributed by atoms with Crippen molar-refractivity contribution >= 4 is 5.71 Å². The molecular weight excluding hydrogens is 74.1 g/mol. The Kier molecular flexibility index (Phi) is 0.560. The summed E-state index contributed by atoms with van der Waals surface area (Å²) >= 11 is 0. The molecule has 0 N–H and O–H groups in total. The summed E-state index contributed by atoms with van der Waals surface area (Å²) in [5.41, 5.74) is 2.31. The van der Waals surface area contributed by atoms with E-state index in [-0.39, 0.29) is 0 Å². The maximum atomic E-state index is 3.92. The second kappa shape index (κ2) is 0.934. The molecule has 32 valence electrons. The molecule has 1 heteroatoms. The van der Waals surface area contributed by atoms with Gasteiger partial charge in [0.1, 0.15) is 0 Å². The van der Waals surface area contributed by atoms with Crippen molar-refractivity contribution in [3.05, 3.63) is 12.2 Å². The third kappa shape index (κ3) is 0.482. The number of rotatable bonds is 1. The molecule has 0 aromatic carbocycles. The first-order valence-corrected chi connectivity index (χ1v) is 2.00. The number of hydrogen-bond donors (Lipinski definition) is 0. The highest BCUT2D eigenvalue weighted by Crippen LogP contribution is 2.04. The van der Waals surface area contributed by atoms with Crippen molar-refractivity contribution in [1.29, 1.82) is 0 Å². The Balaban J connectivity index is 2.52. The van der Waals surface area contributed by atoms with Gasteiger partial charge in [-0.15, -0.1) is 0 Å². The summed E-state index contributed by atoms with van der Waals surface area (Å²) in [5.74, 6) is 0. The van der Waals surface area contributed by atoms with Gasteiger partial charge in [-0.3, -0.25) is 4.99 Å². The first kappa shape index (κ1) is 3.59. The predicted octanol–water partition coefficient (Wildman–Crippen LogP) is 1.02. The minimum atomic E-state index is 0.940. The molecule has 1 nitrogen and oxygen atoms in total. The largest absolute Gasteiger partial charge is 0.281 e. The molecule has 0 spiro atoms. The molecule has 0 aromatic heterocycles. The Morgan fingerprint density at radius 1 is 2.00 bits per heavy atom. The van der Waals surface area contributed by atoms with Gasteiger partial charge < -0.3 is 0 Å². The summed E-state index contributed by atoms with van der Waals surface area (Å²) in [7, 11) is 0. The molecule has 0 atom stereocenters. The van der Waals surface area contributed by atoms with Crippen LogP contribution in [0.1, 0.15) is 6.92 Å². The van der Waals surface area contributed by atoms with Gasteiger partial charge in [0.25, 0.3) is 0 Å². The highest BCUT2D eigenvalue weighted by Gasteiger charge is 2.07. The lowest BCUT2D eigenvalue weighted by molar-refractivity contribution is 1.57. The van der Waals surface area contributed by atoms with Gasteiger partial charge in [0, 0.05) is 0 Å². The fraction of sp³-hybridized carbons (Fsp3) is 0.400. The first-order valence-electron chi connectivity index (χ1n) is 2.00. The molecule has 0 unspecified atom stereocenters. The second-order valence-corrected chi connectivity index (χ2v) is 1.54. The lowest BCUT2D eigenvalue weighted by Gasteiger charge is -1.74. The molecular formula is C5H7N. The number of nitrogens with zero attached hydrogens (tertiary/aromatic N) is 1. The normalized spacial score (nSPS) is 16.5. The van der Waals surface area contributed by atoms with Gasteiger partial charge in [-0.1, -0.05) is 6.58 Å². The van der Waals surface area contributed by atoms with E-state index in [2.05, 4.69) is 11.6 Å². The van der Waals surface area contributed by atoms with Gasteiger partial charge in [-0.05, 0) is 12.5 Å². The molecule has 0 aromatic rings. The van der Waals surface area contributed by atoms with Gasteiger partial charge in [-0.2, -0.15) is 0 Å². The molecule has 1 rings (SSSR count). The van der Waals surface area contributed by atoms with E-state index in [0.717, 1.165) is 12.1 Å². The maximum absolute atomic E-state index is 3.92. The van der Waals surface area contributed by atoms with Gasteiger partial charge in [0.05, 0.1) is 12.3 Å². The fourth-order valence-corrected chi connectivity index (χ4v) is 0.309. The molecule has 0 radical (unpaired) electrons. The van der Waals surface area contributed by atoms with Gasteiger partial charge in [0.15, 0.2) is 0 Å². The van der Waals surface area contributed by atoms with E-state index >= 15 is 0 Å². The third-order valence-electron chi connectivity index (χ3n) is 0.809. The minimum absolute atomic E-state index is 0.940. The molecule has 0 aliphatic carbocycles. The third-order valence-corrected chi connectivity index (χ3v) is 0.809. The van der Waals surface area contributed by atoms with Gasteiger partial charge in [-0.25, -0.2) is 0 Å². The summed E-state index contributed by atoms with van der Waals surface area (Å²) in [4.78, 5) is 3.92. The zero-order valence-corrected chi connectivity index (χ0v) is 3.86. The van der Waals surface area contributed by atoms with Crippen LogP contribution >= 0.6 is 0 Å². The van der Waals surface area contributed by atoms with Gasteiger partial charge in [0.2, 0.25) is 0 Å². The van der Waals surface area contributed by atoms with Crippen LogP contribution in [0, 0.1) is 0 Å². The molecule has 1 heterocycles. The predicted molar refractivity (Wildman–Crippen MR) is 27.1 cm³/mol. The Morgan fingerprint density at radius 3 is 2.50 bits per heavy atom. The highest BCUT2D eigenvalue weighted by atomic mass is 14.9. The summed E-state index contributed by atoms with van der Waals surface area (Å²) in [6, 6.07) is 0. The SMILES string of the molecule is C=C(C)C1=NC1. The average molecular weight is 81.1 g/mol. The minimum Gasteiger partial charge on any atom is -0.281 e. The standard InChI is InChI=1S/C5H7N/c1-4(2)5-3-6-5/h1,3H2,2H3. The summed E-state index contributed by atoms with van der Waals surface area (Å²) in [6.45, 7) is 6.60. The van der Waals surface area contributed by atoms with Crippen molar-refractivity contribution in [3.63, 3.8) is 0 Å². The van der Waals surface area contributed by atoms with Crippen LogP contribution < -0.4 is 0 Å². The topological polar surface area (TPSA) is 12.4 Å². The summed E-state index contributed by atoms with van der Waals surface area (Å²) in [5, 5.41) is 0. The van der Waals surface area contributed by atoms with Crippen LogP contribution in [0.3, 0.4) is 0 Å². The van der Waals surface area contributed by atoms with Crippen LogP contribution in [0.15, 0.2) is 17.1 Å². The quantitative estimate of drug-likeness (QED) is 0.447. The smallest absolute Gasteiger partial charge is 0.0814 e. The molecule has 1 aliphatic heterocycles. The Hall–Kier alpha value is -0.590. The fourth-order valence-electron chi connectivity index (χ4n) is 0.309. The number of aliphatic imine (C=N–C) groups is 1. The van der Waals surface area contributed by atoms with E-state index < -0.39 is 0 Å². The van der Waals surface area contributed by atoms with Crippen LogP contribution in [-0.4, -0.2) is 12.3 Å². The van der Waals surface area contributed by atoms with Gasteiger partial charge >= 0.3 is 0 Å². The number of hydrogen-bond acceptors (Lipinski definition) is 1. The highest BCUT2D eigenvalue weighted by molar-refractivity contribution is 6.09. The monoisotopic (exact) mass is 81.1 g/mol. The zero-order valence-electron chi connectivity index (χ0n) is 3.86. The van der Waals surface area contributed by atoms with Crippen molar-refractivity contribution in [2.75, 3.05) is 6.54 Å². The van der Waals surface area contributed by atoms with Crippen LogP contribution in [0.5, 0.6) is 0 Å². The Morgan fingerprint density at radius 2 is 2.50 bits per heavy atom. The van der Waals surface area contributed by atoms with Crippen LogP contribution in [0.2, 0.25) is 0 Å². The van der Waals surface area contributed by atoms with E-state index in [0.29, 0.717) is 0 Å². The molecule has 0 saturated heterocycles. The maximum Gasteiger partial charge on any atom is 0.0814 e. The Bertz CT molecular complexity index is 111. The molecule has 0 saturated carbocycles. The van der Waals surface area contributed by atoms with Crippen LogP contribution in [0.25, 0.3) is 0 Å². The van der Waals surface area contributed by atoms with Crippen molar-refractivity contribution in [1.82, 2.24) is 0 Å². The second-order valence-electron chi connectivity index (χ2n) is 1.54. The van der Waals surface area contributed by atoms with Crippen LogP contribution in [-0.2, 0) is 0 Å². The van der Waals surface area contributed by atoms with Crippen molar-refractivity contribution in [2.24, 2.45) is 4.99 Å². The van der Waals surface area contributed by atoms with Crippen molar-refractivity contribution < 1.29 is 0 Å². The van der Waals surface area contributed by atoms with E-state index in [1.165, 1.54) is 5.71 Å². The Labute approximate surface area is 37.4 Å². The lowest BCUT2D eigenvalue weighted by Crippen LogP contribution is -1.78. The molecule has 0 amide bonds. The summed E-state index contributed by atoms with van der Waals surface area (Å²) in [6.07, 6.45) is 0. The van der Waals surface area contributed by atoms with Crippen molar-refractivity contribution in [2.45, 2.75) is 6.92 Å². The van der Waals surface area contributed by atoms with E-state index in [4.69, 9.17) is 0 Å². The van der Waals surface area contributed by atoms with E-state index in [9.17, 15) is 0 Å². The van der Waals surface area contributed by atoms with E-state index in [1.807, 2.05) is 6.92 Å². The van der Waals surface area contributed by atoms with E-state index in [1.54, 1.807) is 0 Å². The first-order chi connectivity index (χ1) is 2.80.